The van der Waals surface area contributed by atoms with Crippen molar-refractivity contribution < 1.29 is 4.79 Å². The maximum absolute atomic E-state index is 10.4. The van der Waals surface area contributed by atoms with Crippen molar-refractivity contribution in [2.75, 3.05) is 13.1 Å². The van der Waals surface area contributed by atoms with Crippen molar-refractivity contribution in [2.24, 2.45) is 0 Å². The molecule has 2 heterocycles. The Balaban J connectivity index is 1.89. The van der Waals surface area contributed by atoms with E-state index in [4.69, 9.17) is 0 Å². The number of nitrogens with zero attached hydrogens (tertiary/aromatic N) is 2. The minimum atomic E-state index is 0.751. The first-order valence-electron chi connectivity index (χ1n) is 5.60. The molecule has 1 N–H and O–H groups in total. The van der Waals surface area contributed by atoms with Crippen LogP contribution in [0.5, 0.6) is 0 Å². The number of aromatic amines is 1. The van der Waals surface area contributed by atoms with Crippen molar-refractivity contribution in [3.63, 3.8) is 0 Å². The van der Waals surface area contributed by atoms with Crippen molar-refractivity contribution in [3.8, 4) is 0 Å². The van der Waals surface area contributed by atoms with Gasteiger partial charge in [0.1, 0.15) is 0 Å². The summed E-state index contributed by atoms with van der Waals surface area (Å²) in [7, 11) is 0. The van der Waals surface area contributed by atoms with Crippen LogP contribution in [0.15, 0.2) is 23.8 Å². The van der Waals surface area contributed by atoms with E-state index in [0.717, 1.165) is 41.7 Å². The van der Waals surface area contributed by atoms with Gasteiger partial charge >= 0.3 is 0 Å². The van der Waals surface area contributed by atoms with Crippen LogP contribution < -0.4 is 0 Å². The Kier molecular flexibility index (Phi) is 2.21. The molecule has 4 nitrogen and oxygen atoms in total. The van der Waals surface area contributed by atoms with Crippen LogP contribution in [0.3, 0.4) is 0 Å². The molecule has 0 bridgehead atoms. The van der Waals surface area contributed by atoms with E-state index in [1.54, 1.807) is 4.90 Å². The van der Waals surface area contributed by atoms with E-state index in [0.29, 0.717) is 0 Å². The van der Waals surface area contributed by atoms with Crippen molar-refractivity contribution in [2.45, 2.75) is 6.92 Å². The molecular weight excluding hydrogens is 214 g/mol. The molecule has 0 aliphatic carbocycles. The molecule has 1 aliphatic rings. The van der Waals surface area contributed by atoms with Gasteiger partial charge in [0.2, 0.25) is 6.41 Å². The van der Waals surface area contributed by atoms with Crippen LogP contribution in [0.2, 0.25) is 0 Å². The summed E-state index contributed by atoms with van der Waals surface area (Å²) in [5.74, 6) is 0. The maximum Gasteiger partial charge on any atom is 0.210 e. The van der Waals surface area contributed by atoms with E-state index in [-0.39, 0.29) is 0 Å². The van der Waals surface area contributed by atoms with Crippen LogP contribution in [-0.4, -0.2) is 34.6 Å². The molecule has 1 amide bonds. The first-order valence-corrected chi connectivity index (χ1v) is 5.60. The number of fused-ring (bicyclic) bond motifs is 1. The summed E-state index contributed by atoms with van der Waals surface area (Å²) >= 11 is 0. The van der Waals surface area contributed by atoms with E-state index >= 15 is 0 Å². The van der Waals surface area contributed by atoms with Crippen LogP contribution in [0.1, 0.15) is 11.3 Å². The lowest BCUT2D eigenvalue weighted by molar-refractivity contribution is -0.119. The van der Waals surface area contributed by atoms with Gasteiger partial charge in [0.25, 0.3) is 0 Å². The highest BCUT2D eigenvalue weighted by Gasteiger charge is 2.17. The first kappa shape index (κ1) is 10.1. The predicted molar refractivity (Wildman–Crippen MR) is 66.4 cm³/mol. The zero-order valence-corrected chi connectivity index (χ0v) is 9.60. The Hall–Kier alpha value is -2.10. The lowest BCUT2D eigenvalue weighted by atomic mass is 10.0. The van der Waals surface area contributed by atoms with Crippen LogP contribution in [0, 0.1) is 6.92 Å². The Morgan fingerprint density at radius 3 is 3.00 bits per heavy atom. The first-order chi connectivity index (χ1) is 8.26. The van der Waals surface area contributed by atoms with Gasteiger partial charge < -0.3 is 4.90 Å². The number of aromatic nitrogens is 2. The fourth-order valence-electron chi connectivity index (χ4n) is 2.13. The summed E-state index contributed by atoms with van der Waals surface area (Å²) in [6.45, 7) is 3.52. The summed E-state index contributed by atoms with van der Waals surface area (Å²) in [4.78, 5) is 12.2. The third-order valence-corrected chi connectivity index (χ3v) is 3.10. The molecule has 2 aromatic rings. The summed E-state index contributed by atoms with van der Waals surface area (Å²) in [6.07, 6.45) is 3.01. The number of H-pyrrole nitrogens is 1. The van der Waals surface area contributed by atoms with Gasteiger partial charge in [-0.25, -0.2) is 0 Å². The van der Waals surface area contributed by atoms with Crippen LogP contribution in [-0.2, 0) is 4.79 Å². The summed E-state index contributed by atoms with van der Waals surface area (Å²) in [6, 6.07) is 6.23. The highest BCUT2D eigenvalue weighted by molar-refractivity contribution is 5.83. The lowest BCUT2D eigenvalue weighted by Gasteiger charge is -2.30. The maximum atomic E-state index is 10.4. The molecular formula is C13H13N3O. The van der Waals surface area contributed by atoms with Gasteiger partial charge in [0.05, 0.1) is 5.52 Å². The normalized spacial score (nSPS) is 14.9. The Morgan fingerprint density at radius 1 is 1.41 bits per heavy atom. The molecule has 1 aromatic carbocycles. The number of carbonyl (C=O) groups excluding carboxylic acids is 1. The SMILES string of the molecule is Cc1[nH]nc2cc(C=C3CN(C=O)C3)ccc12. The molecule has 1 fully saturated rings. The molecule has 0 unspecified atom stereocenters. The van der Waals surface area contributed by atoms with E-state index in [9.17, 15) is 4.79 Å². The molecule has 4 heteroatoms. The van der Waals surface area contributed by atoms with Gasteiger partial charge in [0.15, 0.2) is 0 Å². The summed E-state index contributed by atoms with van der Waals surface area (Å²) in [5.41, 5.74) is 4.51. The molecule has 0 radical (unpaired) electrons. The minimum Gasteiger partial charge on any atom is -0.337 e. The van der Waals surface area contributed by atoms with Gasteiger partial charge in [-0.15, -0.1) is 0 Å². The van der Waals surface area contributed by atoms with Gasteiger partial charge in [-0.05, 0) is 24.1 Å². The third kappa shape index (κ3) is 1.71. The topological polar surface area (TPSA) is 49.0 Å². The monoisotopic (exact) mass is 227 g/mol. The van der Waals surface area contributed by atoms with Gasteiger partial charge in [-0.2, -0.15) is 5.10 Å². The molecule has 0 spiro atoms. The van der Waals surface area contributed by atoms with E-state index < -0.39 is 0 Å². The fourth-order valence-corrected chi connectivity index (χ4v) is 2.13. The molecule has 1 saturated heterocycles. The van der Waals surface area contributed by atoms with Gasteiger partial charge in [-0.1, -0.05) is 18.2 Å². The zero-order chi connectivity index (χ0) is 11.8. The second-order valence-corrected chi connectivity index (χ2v) is 4.44. The van der Waals surface area contributed by atoms with E-state index in [1.165, 1.54) is 5.57 Å². The van der Waals surface area contributed by atoms with E-state index in [1.807, 2.05) is 6.92 Å². The molecule has 1 aliphatic heterocycles. The Labute approximate surface area is 98.9 Å². The number of likely N-dealkylation sites (tertiary alicyclic amines) is 1. The van der Waals surface area contributed by atoms with Crippen molar-refractivity contribution >= 4 is 23.4 Å². The summed E-state index contributed by atoms with van der Waals surface area (Å²) in [5, 5.41) is 8.38. The largest absolute Gasteiger partial charge is 0.337 e. The number of hydrogen-bond acceptors (Lipinski definition) is 2. The van der Waals surface area contributed by atoms with Crippen LogP contribution >= 0.6 is 0 Å². The van der Waals surface area contributed by atoms with Gasteiger partial charge in [-0.3, -0.25) is 9.89 Å². The van der Waals surface area contributed by atoms with Crippen molar-refractivity contribution in [1.82, 2.24) is 15.1 Å². The highest BCUT2D eigenvalue weighted by atomic mass is 16.1. The number of carbonyl (C=O) groups is 1. The average Bonchev–Trinajstić information content (AvgIpc) is 2.65. The van der Waals surface area contributed by atoms with Crippen molar-refractivity contribution in [1.29, 1.82) is 0 Å². The van der Waals surface area contributed by atoms with Crippen LogP contribution in [0.4, 0.5) is 0 Å². The number of hydrogen-bond donors (Lipinski definition) is 1. The molecule has 3 rings (SSSR count). The quantitative estimate of drug-likeness (QED) is 0.794. The zero-order valence-electron chi connectivity index (χ0n) is 9.60. The Bertz CT molecular complexity index is 604. The molecule has 17 heavy (non-hydrogen) atoms. The smallest absolute Gasteiger partial charge is 0.210 e. The lowest BCUT2D eigenvalue weighted by Crippen LogP contribution is -2.38. The third-order valence-electron chi connectivity index (χ3n) is 3.10. The van der Waals surface area contributed by atoms with Crippen molar-refractivity contribution in [3.05, 3.63) is 35.0 Å². The molecule has 1 aromatic heterocycles. The molecule has 0 saturated carbocycles. The average molecular weight is 227 g/mol. The molecule has 0 atom stereocenters. The number of aryl methyl sites for hydroxylation is 1. The van der Waals surface area contributed by atoms with Crippen LogP contribution in [0.25, 0.3) is 17.0 Å². The number of nitrogens with one attached hydrogen (secondary N) is 1. The highest BCUT2D eigenvalue weighted by Crippen LogP contribution is 2.20. The minimum absolute atomic E-state index is 0.751. The van der Waals surface area contributed by atoms with E-state index in [2.05, 4.69) is 34.5 Å². The number of rotatable bonds is 2. The second-order valence-electron chi connectivity index (χ2n) is 4.44. The predicted octanol–water partition coefficient (Wildman–Crippen LogP) is 1.73. The summed E-state index contributed by atoms with van der Waals surface area (Å²) < 4.78 is 0. The van der Waals surface area contributed by atoms with Gasteiger partial charge in [0, 0.05) is 24.2 Å². The second kappa shape index (κ2) is 3.73. The Morgan fingerprint density at radius 2 is 2.24 bits per heavy atom. The standard InChI is InChI=1S/C13H13N3O/c1-9-12-3-2-10(5-13(12)15-14-9)4-11-6-16(7-11)8-17/h2-5,8H,6-7H2,1H3,(H,14,15). The fraction of sp³-hybridized carbons (Fsp3) is 0.231. The number of benzene rings is 1. The number of amides is 1. The molecule has 86 valence electrons.